The minimum atomic E-state index is -1.51. The Bertz CT molecular complexity index is 1600. The molecular formula is C33H38ClN5O5. The van der Waals surface area contributed by atoms with Crippen LogP contribution in [0.2, 0.25) is 5.02 Å². The van der Waals surface area contributed by atoms with Crippen molar-refractivity contribution in [3.63, 3.8) is 0 Å². The summed E-state index contributed by atoms with van der Waals surface area (Å²) in [5.74, 6) is -0.273. The molecule has 11 heteroatoms. The number of imidazole rings is 1. The van der Waals surface area contributed by atoms with Crippen molar-refractivity contribution in [3.05, 3.63) is 82.2 Å². The van der Waals surface area contributed by atoms with Crippen LogP contribution in [0.4, 0.5) is 9.59 Å². The highest BCUT2D eigenvalue weighted by molar-refractivity contribution is 6.30. The van der Waals surface area contributed by atoms with Gasteiger partial charge >= 0.3 is 12.2 Å². The lowest BCUT2D eigenvalue weighted by Crippen LogP contribution is -2.47. The molecule has 1 aliphatic heterocycles. The average Bonchev–Trinajstić information content (AvgIpc) is 3.71. The van der Waals surface area contributed by atoms with Gasteiger partial charge in [0.25, 0.3) is 0 Å². The summed E-state index contributed by atoms with van der Waals surface area (Å²) in [6, 6.07) is 8.51. The maximum atomic E-state index is 13.1. The fourth-order valence-corrected chi connectivity index (χ4v) is 6.39. The molecule has 2 N–H and O–H groups in total. The van der Waals surface area contributed by atoms with Crippen molar-refractivity contribution in [2.24, 2.45) is 13.0 Å². The topological polar surface area (TPSA) is 119 Å². The molecule has 2 unspecified atom stereocenters. The number of hydrogen-bond donors (Lipinski definition) is 2. The molecule has 3 aliphatic rings. The van der Waals surface area contributed by atoms with Crippen LogP contribution >= 0.6 is 11.6 Å². The van der Waals surface area contributed by atoms with Crippen LogP contribution in [0.25, 0.3) is 11.6 Å². The van der Waals surface area contributed by atoms with E-state index in [0.717, 1.165) is 29.7 Å². The summed E-state index contributed by atoms with van der Waals surface area (Å²) in [6.07, 6.45) is 8.82. The number of nitrogens with one attached hydrogen (secondary N) is 1. The summed E-state index contributed by atoms with van der Waals surface area (Å²) < 4.78 is 13.1. The lowest BCUT2D eigenvalue weighted by atomic mass is 9.72. The number of carbonyl (C=O) groups excluding carboxylic acids is 2. The van der Waals surface area contributed by atoms with Gasteiger partial charge in [0.2, 0.25) is 0 Å². The SMILES string of the molecule is Cn1cncc1C(NC(=O)OC1CC1)C1=Cc2cccnc2C(O)(C2CCN(C(=O)OC(C)(C)C)CC2)c2ccc(Cl)cc21. The summed E-state index contributed by atoms with van der Waals surface area (Å²) in [5, 5.41) is 16.5. The summed E-state index contributed by atoms with van der Waals surface area (Å²) in [4.78, 5) is 36.7. The third-order valence-electron chi connectivity index (χ3n) is 8.47. The van der Waals surface area contributed by atoms with Crippen molar-refractivity contribution >= 4 is 35.4 Å². The zero-order valence-electron chi connectivity index (χ0n) is 25.4. The Morgan fingerprint density at radius 2 is 1.91 bits per heavy atom. The van der Waals surface area contributed by atoms with Crippen molar-refractivity contribution in [1.29, 1.82) is 0 Å². The van der Waals surface area contributed by atoms with Gasteiger partial charge in [-0.25, -0.2) is 14.6 Å². The summed E-state index contributed by atoms with van der Waals surface area (Å²) >= 11 is 6.62. The normalized spacial score (nSPS) is 21.0. The van der Waals surface area contributed by atoms with Crippen molar-refractivity contribution < 1.29 is 24.2 Å². The van der Waals surface area contributed by atoms with Gasteiger partial charge in [-0.3, -0.25) is 4.98 Å². The van der Waals surface area contributed by atoms with Crippen molar-refractivity contribution in [2.45, 2.75) is 69.8 Å². The van der Waals surface area contributed by atoms with E-state index in [1.54, 1.807) is 29.7 Å². The molecule has 44 heavy (non-hydrogen) atoms. The van der Waals surface area contributed by atoms with Gasteiger partial charge in [0.15, 0.2) is 0 Å². The Morgan fingerprint density at radius 1 is 1.16 bits per heavy atom. The molecule has 6 rings (SSSR count). The Morgan fingerprint density at radius 3 is 2.57 bits per heavy atom. The molecule has 2 fully saturated rings. The van der Waals surface area contributed by atoms with Crippen molar-refractivity contribution in [1.82, 2.24) is 24.8 Å². The first-order chi connectivity index (χ1) is 20.9. The van der Waals surface area contributed by atoms with Gasteiger partial charge < -0.3 is 29.4 Å². The number of benzene rings is 1. The number of aromatic nitrogens is 3. The van der Waals surface area contributed by atoms with Crippen LogP contribution in [0.15, 0.2) is 49.1 Å². The second kappa shape index (κ2) is 11.6. The van der Waals surface area contributed by atoms with Gasteiger partial charge in [0.1, 0.15) is 17.3 Å². The largest absolute Gasteiger partial charge is 0.446 e. The lowest BCUT2D eigenvalue weighted by molar-refractivity contribution is -0.0262. The number of amides is 2. The maximum absolute atomic E-state index is 13.1. The van der Waals surface area contributed by atoms with E-state index in [-0.39, 0.29) is 18.1 Å². The Labute approximate surface area is 262 Å². The molecule has 1 saturated heterocycles. The minimum absolute atomic E-state index is 0.0754. The highest BCUT2D eigenvalue weighted by Crippen LogP contribution is 2.50. The zero-order chi connectivity index (χ0) is 31.2. The number of fused-ring (bicyclic) bond motifs is 2. The number of halogens is 1. The molecule has 1 saturated carbocycles. The molecule has 10 nitrogen and oxygen atoms in total. The molecule has 0 bridgehead atoms. The van der Waals surface area contributed by atoms with Crippen LogP contribution in [0.1, 0.15) is 80.6 Å². The fraction of sp³-hybridized carbons (Fsp3) is 0.455. The van der Waals surface area contributed by atoms with Crippen LogP contribution < -0.4 is 5.32 Å². The number of hydrogen-bond acceptors (Lipinski definition) is 7. The fourth-order valence-electron chi connectivity index (χ4n) is 6.22. The van der Waals surface area contributed by atoms with Gasteiger partial charge in [0, 0.05) is 37.3 Å². The predicted octanol–water partition coefficient (Wildman–Crippen LogP) is 5.84. The molecule has 0 spiro atoms. The Balaban J connectivity index is 1.44. The Hall–Kier alpha value is -3.89. The second-order valence-corrected chi connectivity index (χ2v) is 13.3. The molecule has 232 valence electrons. The third kappa shape index (κ3) is 5.93. The van der Waals surface area contributed by atoms with Gasteiger partial charge in [-0.05, 0) is 93.0 Å². The number of aliphatic hydroxyl groups is 1. The third-order valence-corrected chi connectivity index (χ3v) is 8.71. The Kier molecular flexibility index (Phi) is 7.92. The smallest absolute Gasteiger partial charge is 0.410 e. The molecule has 2 aromatic heterocycles. The zero-order valence-corrected chi connectivity index (χ0v) is 26.2. The van der Waals surface area contributed by atoms with Gasteiger partial charge in [-0.2, -0.15) is 0 Å². The first-order valence-electron chi connectivity index (χ1n) is 15.0. The lowest BCUT2D eigenvalue weighted by Gasteiger charge is -2.42. The number of nitrogens with zero attached hydrogens (tertiary/aromatic N) is 4. The number of piperidine rings is 1. The van der Waals surface area contributed by atoms with Crippen LogP contribution in [0.3, 0.4) is 0 Å². The molecule has 3 heterocycles. The molecular weight excluding hydrogens is 582 g/mol. The summed E-state index contributed by atoms with van der Waals surface area (Å²) in [5.41, 5.74) is 1.89. The predicted molar refractivity (Wildman–Crippen MR) is 166 cm³/mol. The molecule has 2 aliphatic carbocycles. The van der Waals surface area contributed by atoms with Crippen LogP contribution in [-0.2, 0) is 22.1 Å². The number of ether oxygens (including phenoxy) is 2. The number of aryl methyl sites for hydroxylation is 1. The van der Waals surface area contributed by atoms with Crippen molar-refractivity contribution in [3.8, 4) is 0 Å². The van der Waals surface area contributed by atoms with E-state index in [0.29, 0.717) is 47.8 Å². The molecule has 2 amide bonds. The standard InChI is InChI=1S/C33H38ClN5O5/c1-32(2,3)44-31(41)39-14-11-21(12-15-39)33(42)26-10-7-22(34)17-24(26)25(16-20-6-5-13-36-29(20)33)28(27-18-35-19-38(27)4)37-30(40)43-23-8-9-23/h5-7,10,13,16-19,21,23,28,42H,8-9,11-12,14-15H2,1-4H3,(H,37,40). The van der Waals surface area contributed by atoms with E-state index in [1.165, 1.54) is 0 Å². The number of alkyl carbamates (subject to hydrolysis) is 1. The van der Waals surface area contributed by atoms with Gasteiger partial charge in [-0.15, -0.1) is 0 Å². The number of carbonyl (C=O) groups is 2. The number of pyridine rings is 1. The van der Waals surface area contributed by atoms with Crippen LogP contribution in [0, 0.1) is 5.92 Å². The number of likely N-dealkylation sites (tertiary alicyclic amines) is 1. The van der Waals surface area contributed by atoms with Crippen molar-refractivity contribution in [2.75, 3.05) is 13.1 Å². The highest BCUT2D eigenvalue weighted by Gasteiger charge is 2.48. The van der Waals surface area contributed by atoms with E-state index in [4.69, 9.17) is 26.1 Å². The van der Waals surface area contributed by atoms with Gasteiger partial charge in [0.05, 0.1) is 30.0 Å². The van der Waals surface area contributed by atoms with Crippen LogP contribution in [0.5, 0.6) is 0 Å². The minimum Gasteiger partial charge on any atom is -0.446 e. The quantitative estimate of drug-likeness (QED) is 0.368. The number of rotatable bonds is 5. The first kappa shape index (κ1) is 30.1. The second-order valence-electron chi connectivity index (χ2n) is 12.9. The first-order valence-corrected chi connectivity index (χ1v) is 15.4. The molecule has 1 aromatic carbocycles. The molecule has 3 aromatic rings. The monoisotopic (exact) mass is 619 g/mol. The maximum Gasteiger partial charge on any atom is 0.410 e. The average molecular weight is 620 g/mol. The van der Waals surface area contributed by atoms with E-state index in [9.17, 15) is 14.7 Å². The highest BCUT2D eigenvalue weighted by atomic mass is 35.5. The van der Waals surface area contributed by atoms with E-state index >= 15 is 0 Å². The summed E-state index contributed by atoms with van der Waals surface area (Å²) in [7, 11) is 1.86. The van der Waals surface area contributed by atoms with E-state index < -0.39 is 23.3 Å². The molecule has 0 radical (unpaired) electrons. The van der Waals surface area contributed by atoms with Gasteiger partial charge in [-0.1, -0.05) is 23.7 Å². The van der Waals surface area contributed by atoms with E-state index in [1.807, 2.05) is 62.7 Å². The van der Waals surface area contributed by atoms with E-state index in [2.05, 4.69) is 10.3 Å². The molecule has 2 atom stereocenters. The van der Waals surface area contributed by atoms with Crippen LogP contribution in [-0.4, -0.2) is 61.5 Å². The summed E-state index contributed by atoms with van der Waals surface area (Å²) in [6.45, 7) is 6.40.